The van der Waals surface area contributed by atoms with Crippen LogP contribution in [0.15, 0.2) is 11.6 Å². The normalized spacial score (nSPS) is 15.9. The summed E-state index contributed by atoms with van der Waals surface area (Å²) in [6, 6.07) is -0.780. The lowest BCUT2D eigenvalue weighted by Crippen LogP contribution is -2.36. The fourth-order valence-corrected chi connectivity index (χ4v) is 4.51. The van der Waals surface area contributed by atoms with E-state index in [1.807, 2.05) is 19.9 Å². The number of allylic oxidation sites excluding steroid dienone is 2. The maximum atomic E-state index is 12.4. The minimum atomic E-state index is -0.780. The number of urea groups is 1. The van der Waals surface area contributed by atoms with Crippen molar-refractivity contribution in [3.8, 4) is 5.75 Å². The number of primary amides is 1. The number of ether oxygens (including phenoxy) is 4. The molecule has 0 radical (unpaired) electrons. The number of anilines is 1. The van der Waals surface area contributed by atoms with Crippen LogP contribution in [-0.4, -0.2) is 69.4 Å². The number of methoxy groups -OCH3 is 1. The molecule has 3 rings (SSSR count). The molecule has 2 amide bonds. The summed E-state index contributed by atoms with van der Waals surface area (Å²) in [5, 5.41) is 2.58. The Morgan fingerprint density at radius 2 is 1.94 bits per heavy atom. The predicted octanol–water partition coefficient (Wildman–Crippen LogP) is 3.09. The molecule has 3 N–H and O–H groups in total. The van der Waals surface area contributed by atoms with E-state index >= 15 is 0 Å². The number of amides is 2. The minimum absolute atomic E-state index is 0.119. The average molecular weight is 504 g/mol. The van der Waals surface area contributed by atoms with E-state index in [0.29, 0.717) is 47.6 Å². The molecule has 0 aliphatic carbocycles. The van der Waals surface area contributed by atoms with Crippen LogP contribution in [0.4, 0.5) is 10.5 Å². The van der Waals surface area contributed by atoms with Gasteiger partial charge in [0.25, 0.3) is 0 Å². The SMILES string of the molecule is COc1c(C)c2c(c(NC(N)=O)c1C/C=C(\C)CCC(=O)OCCCCN1CCOCC1)C(=O)OC2. The Morgan fingerprint density at radius 3 is 2.64 bits per heavy atom. The molecule has 10 heteroatoms. The number of morpholine rings is 1. The van der Waals surface area contributed by atoms with Crippen molar-refractivity contribution < 1.29 is 33.3 Å². The van der Waals surface area contributed by atoms with Gasteiger partial charge in [0.2, 0.25) is 0 Å². The number of unbranched alkanes of at least 4 members (excludes halogenated alkanes) is 1. The molecule has 36 heavy (non-hydrogen) atoms. The third kappa shape index (κ3) is 7.20. The number of rotatable bonds is 12. The van der Waals surface area contributed by atoms with Crippen molar-refractivity contribution in [1.82, 2.24) is 4.90 Å². The number of nitrogens with zero attached hydrogens (tertiary/aromatic N) is 1. The van der Waals surface area contributed by atoms with Crippen LogP contribution < -0.4 is 15.8 Å². The zero-order valence-corrected chi connectivity index (χ0v) is 21.4. The Bertz CT molecular complexity index is 1000. The number of nitrogens with one attached hydrogen (secondary N) is 1. The second-order valence-electron chi connectivity index (χ2n) is 9.07. The first-order valence-corrected chi connectivity index (χ1v) is 12.4. The summed E-state index contributed by atoms with van der Waals surface area (Å²) in [7, 11) is 1.54. The molecule has 1 aromatic carbocycles. The van der Waals surface area contributed by atoms with Crippen molar-refractivity contribution in [2.45, 2.75) is 52.6 Å². The molecule has 0 atom stereocenters. The molecule has 0 saturated carbocycles. The number of carbonyl (C=O) groups is 3. The molecule has 2 aliphatic heterocycles. The molecular weight excluding hydrogens is 466 g/mol. The van der Waals surface area contributed by atoms with Gasteiger partial charge in [0, 0.05) is 30.6 Å². The molecule has 10 nitrogen and oxygen atoms in total. The second kappa shape index (κ2) is 13.3. The summed E-state index contributed by atoms with van der Waals surface area (Å²) in [5.41, 5.74) is 9.07. The molecule has 2 heterocycles. The van der Waals surface area contributed by atoms with Crippen molar-refractivity contribution in [3.05, 3.63) is 33.9 Å². The van der Waals surface area contributed by atoms with E-state index in [2.05, 4.69) is 10.2 Å². The highest BCUT2D eigenvalue weighted by Gasteiger charge is 2.32. The maximum absolute atomic E-state index is 12.4. The summed E-state index contributed by atoms with van der Waals surface area (Å²) in [6.45, 7) is 8.83. The number of hydrogen-bond acceptors (Lipinski definition) is 8. The summed E-state index contributed by atoms with van der Waals surface area (Å²) in [4.78, 5) is 38.6. The van der Waals surface area contributed by atoms with E-state index < -0.39 is 12.0 Å². The van der Waals surface area contributed by atoms with Crippen LogP contribution in [0.5, 0.6) is 5.75 Å². The molecule has 0 unspecified atom stereocenters. The lowest BCUT2D eigenvalue weighted by Gasteiger charge is -2.26. The Balaban J connectivity index is 1.54. The Labute approximate surface area is 212 Å². The highest BCUT2D eigenvalue weighted by atomic mass is 16.5. The van der Waals surface area contributed by atoms with Crippen LogP contribution in [0.2, 0.25) is 0 Å². The van der Waals surface area contributed by atoms with Crippen molar-refractivity contribution in [2.75, 3.05) is 51.9 Å². The fraction of sp³-hybridized carbons (Fsp3) is 0.577. The van der Waals surface area contributed by atoms with Gasteiger partial charge in [0.1, 0.15) is 12.4 Å². The molecule has 0 bridgehead atoms. The molecule has 1 fully saturated rings. The van der Waals surface area contributed by atoms with Crippen LogP contribution >= 0.6 is 0 Å². The van der Waals surface area contributed by atoms with Gasteiger partial charge >= 0.3 is 18.0 Å². The Morgan fingerprint density at radius 1 is 1.19 bits per heavy atom. The van der Waals surface area contributed by atoms with E-state index in [1.165, 1.54) is 7.11 Å². The van der Waals surface area contributed by atoms with Crippen LogP contribution in [-0.2, 0) is 32.0 Å². The quantitative estimate of drug-likeness (QED) is 0.253. The number of hydrogen-bond donors (Lipinski definition) is 2. The maximum Gasteiger partial charge on any atom is 0.341 e. The average Bonchev–Trinajstić information content (AvgIpc) is 3.25. The smallest absolute Gasteiger partial charge is 0.341 e. The van der Waals surface area contributed by atoms with Gasteiger partial charge in [0.15, 0.2) is 0 Å². The van der Waals surface area contributed by atoms with Crippen molar-refractivity contribution >= 4 is 23.7 Å². The largest absolute Gasteiger partial charge is 0.496 e. The predicted molar refractivity (Wildman–Crippen MR) is 134 cm³/mol. The minimum Gasteiger partial charge on any atom is -0.496 e. The molecule has 2 aliphatic rings. The second-order valence-corrected chi connectivity index (χ2v) is 9.07. The number of nitrogens with two attached hydrogens (primary N) is 1. The third-order valence-corrected chi connectivity index (χ3v) is 6.54. The van der Waals surface area contributed by atoms with Crippen molar-refractivity contribution in [2.24, 2.45) is 5.73 Å². The van der Waals surface area contributed by atoms with Gasteiger partial charge in [0.05, 0.1) is 38.2 Å². The fourth-order valence-electron chi connectivity index (χ4n) is 4.51. The zero-order valence-electron chi connectivity index (χ0n) is 21.4. The standard InChI is InChI=1S/C26H37N3O7/c1-17(7-9-21(30)35-13-5-4-10-29-11-14-34-15-12-29)6-8-19-23(28-26(27)32)22-20(16-36-25(22)31)18(2)24(19)33-3/h6H,4-5,7-16H2,1-3H3,(H3,27,28,32)/b17-6+. The highest BCUT2D eigenvalue weighted by molar-refractivity contribution is 6.05. The van der Waals surface area contributed by atoms with Gasteiger partial charge in [-0.15, -0.1) is 0 Å². The molecular formula is C26H37N3O7. The van der Waals surface area contributed by atoms with Gasteiger partial charge in [-0.1, -0.05) is 11.6 Å². The lowest BCUT2D eigenvalue weighted by atomic mass is 9.93. The van der Waals surface area contributed by atoms with Gasteiger partial charge < -0.3 is 30.0 Å². The van der Waals surface area contributed by atoms with E-state index in [9.17, 15) is 14.4 Å². The van der Waals surface area contributed by atoms with Crippen LogP contribution in [0, 0.1) is 6.92 Å². The summed E-state index contributed by atoms with van der Waals surface area (Å²) >= 11 is 0. The monoisotopic (exact) mass is 503 g/mol. The van der Waals surface area contributed by atoms with Crippen molar-refractivity contribution in [1.29, 1.82) is 0 Å². The first-order valence-electron chi connectivity index (χ1n) is 12.4. The topological polar surface area (TPSA) is 129 Å². The van der Waals surface area contributed by atoms with Gasteiger partial charge in [-0.2, -0.15) is 0 Å². The first kappa shape index (κ1) is 27.5. The number of cyclic esters (lactones) is 1. The van der Waals surface area contributed by atoms with Gasteiger partial charge in [-0.3, -0.25) is 9.69 Å². The van der Waals surface area contributed by atoms with Crippen LogP contribution in [0.1, 0.15) is 59.7 Å². The summed E-state index contributed by atoms with van der Waals surface area (Å²) in [6.07, 6.45) is 4.98. The molecule has 1 saturated heterocycles. The van der Waals surface area contributed by atoms with E-state index in [-0.39, 0.29) is 19.0 Å². The molecule has 0 spiro atoms. The van der Waals surface area contributed by atoms with Gasteiger partial charge in [-0.25, -0.2) is 9.59 Å². The zero-order chi connectivity index (χ0) is 26.1. The Kier molecular flexibility index (Phi) is 10.1. The first-order chi connectivity index (χ1) is 17.3. The summed E-state index contributed by atoms with van der Waals surface area (Å²) < 4.78 is 21.5. The number of benzene rings is 1. The molecule has 1 aromatic rings. The van der Waals surface area contributed by atoms with Gasteiger partial charge in [-0.05, 0) is 51.6 Å². The third-order valence-electron chi connectivity index (χ3n) is 6.54. The van der Waals surface area contributed by atoms with E-state index in [1.54, 1.807) is 0 Å². The van der Waals surface area contributed by atoms with Crippen LogP contribution in [0.3, 0.4) is 0 Å². The van der Waals surface area contributed by atoms with E-state index in [0.717, 1.165) is 56.8 Å². The molecule has 198 valence electrons. The lowest BCUT2D eigenvalue weighted by molar-refractivity contribution is -0.143. The summed E-state index contributed by atoms with van der Waals surface area (Å²) in [5.74, 6) is -0.163. The highest BCUT2D eigenvalue weighted by Crippen LogP contribution is 2.41. The Hall–Kier alpha value is -3.11. The van der Waals surface area contributed by atoms with Crippen LogP contribution in [0.25, 0.3) is 0 Å². The number of esters is 2. The van der Waals surface area contributed by atoms with E-state index in [4.69, 9.17) is 24.7 Å². The number of carbonyl (C=O) groups excluding carboxylic acids is 3. The van der Waals surface area contributed by atoms with Crippen molar-refractivity contribution in [3.63, 3.8) is 0 Å². The molecule has 0 aromatic heterocycles. The number of fused-ring (bicyclic) bond motifs is 1.